The third kappa shape index (κ3) is 7.35. The van der Waals surface area contributed by atoms with Crippen molar-refractivity contribution in [2.75, 3.05) is 4.90 Å². The minimum atomic E-state index is -0.125. The second-order valence-electron chi connectivity index (χ2n) is 19.3. The van der Waals surface area contributed by atoms with Gasteiger partial charge in [0.2, 0.25) is 0 Å². The van der Waals surface area contributed by atoms with E-state index in [0.29, 0.717) is 0 Å². The summed E-state index contributed by atoms with van der Waals surface area (Å²) in [7, 11) is 0. The van der Waals surface area contributed by atoms with Crippen LogP contribution in [0.4, 0.5) is 17.1 Å². The van der Waals surface area contributed by atoms with Crippen molar-refractivity contribution < 1.29 is 0 Å². The third-order valence-electron chi connectivity index (χ3n) is 14.8. The molecule has 0 aliphatic heterocycles. The molecule has 2 heteroatoms. The highest BCUT2D eigenvalue weighted by Gasteiger charge is 2.36. The van der Waals surface area contributed by atoms with Crippen molar-refractivity contribution in [1.82, 2.24) is 4.57 Å². The summed E-state index contributed by atoms with van der Waals surface area (Å²) in [6.07, 6.45) is 0. The molecule has 0 spiro atoms. The Morgan fingerprint density at radius 2 is 0.789 bits per heavy atom. The fraction of sp³-hybridized carbons (Fsp3) is 0.0435. The molecule has 0 unspecified atom stereocenters. The molecule has 0 N–H and O–H groups in total. The number of anilines is 3. The van der Waals surface area contributed by atoms with Crippen molar-refractivity contribution in [1.29, 1.82) is 0 Å². The molecular weight excluding hydrogens is 857 g/mol. The SMILES string of the molecule is CC1(C)c2ccccc2-c2ccc(N(c3ccc(-c4ccccc4)cc3)c3cccc(-c4ccc(-n5c6cc(-c7ccccc7)ccc6c6cc(-c7ccccc7)cc(-c7ccccc7)c65)cc4)c3)cc21. The lowest BCUT2D eigenvalue weighted by atomic mass is 9.82. The maximum absolute atomic E-state index is 2.49. The molecule has 1 aliphatic rings. The molecule has 1 aliphatic carbocycles. The van der Waals surface area contributed by atoms with Gasteiger partial charge in [0.25, 0.3) is 0 Å². The smallest absolute Gasteiger partial charge is 0.0619 e. The van der Waals surface area contributed by atoms with Crippen LogP contribution in [-0.2, 0) is 5.41 Å². The molecular formula is C69H50N2. The Balaban J connectivity index is 0.948. The molecule has 71 heavy (non-hydrogen) atoms. The molecule has 0 saturated heterocycles. The summed E-state index contributed by atoms with van der Waals surface area (Å²) in [5, 5.41) is 2.45. The van der Waals surface area contributed by atoms with Crippen LogP contribution in [-0.4, -0.2) is 4.57 Å². The number of fused-ring (bicyclic) bond motifs is 6. The quantitative estimate of drug-likeness (QED) is 0.140. The summed E-state index contributed by atoms with van der Waals surface area (Å²) in [5.41, 5.74) is 24.0. The molecule has 12 aromatic rings. The lowest BCUT2D eigenvalue weighted by Crippen LogP contribution is -2.16. The highest BCUT2D eigenvalue weighted by Crippen LogP contribution is 2.51. The van der Waals surface area contributed by atoms with Crippen molar-refractivity contribution >= 4 is 38.9 Å². The minimum absolute atomic E-state index is 0.125. The molecule has 0 saturated carbocycles. The van der Waals surface area contributed by atoms with Crippen LogP contribution in [0.2, 0.25) is 0 Å². The Hall–Kier alpha value is -8.98. The molecule has 336 valence electrons. The van der Waals surface area contributed by atoms with E-state index >= 15 is 0 Å². The van der Waals surface area contributed by atoms with Crippen molar-refractivity contribution in [3.8, 4) is 72.4 Å². The maximum Gasteiger partial charge on any atom is 0.0619 e. The van der Waals surface area contributed by atoms with Crippen molar-refractivity contribution in [3.05, 3.63) is 278 Å². The monoisotopic (exact) mass is 906 g/mol. The van der Waals surface area contributed by atoms with Gasteiger partial charge in [0.1, 0.15) is 0 Å². The topological polar surface area (TPSA) is 8.17 Å². The molecule has 0 amide bonds. The predicted octanol–water partition coefficient (Wildman–Crippen LogP) is 18.9. The highest BCUT2D eigenvalue weighted by molar-refractivity contribution is 6.16. The van der Waals surface area contributed by atoms with Gasteiger partial charge in [-0.15, -0.1) is 0 Å². The number of hydrogen-bond donors (Lipinski definition) is 0. The average Bonchev–Trinajstić information content (AvgIpc) is 3.89. The van der Waals surface area contributed by atoms with Crippen LogP contribution < -0.4 is 4.90 Å². The Morgan fingerprint density at radius 1 is 0.296 bits per heavy atom. The van der Waals surface area contributed by atoms with Gasteiger partial charge in [-0.25, -0.2) is 0 Å². The summed E-state index contributed by atoms with van der Waals surface area (Å²) in [4.78, 5) is 2.42. The first kappa shape index (κ1) is 42.1. The predicted molar refractivity (Wildman–Crippen MR) is 300 cm³/mol. The lowest BCUT2D eigenvalue weighted by molar-refractivity contribution is 0.660. The van der Waals surface area contributed by atoms with Crippen LogP contribution in [0.5, 0.6) is 0 Å². The first-order chi connectivity index (χ1) is 35.0. The van der Waals surface area contributed by atoms with Gasteiger partial charge in [-0.1, -0.05) is 214 Å². The molecule has 1 aromatic heterocycles. The number of benzene rings is 11. The fourth-order valence-corrected chi connectivity index (χ4v) is 11.2. The zero-order chi connectivity index (χ0) is 47.5. The normalized spacial score (nSPS) is 12.5. The molecule has 0 bridgehead atoms. The largest absolute Gasteiger partial charge is 0.310 e. The summed E-state index contributed by atoms with van der Waals surface area (Å²) in [6.45, 7) is 4.72. The second-order valence-corrected chi connectivity index (χ2v) is 19.3. The Kier molecular flexibility index (Phi) is 10.2. The Bertz CT molecular complexity index is 3910. The molecule has 0 fully saturated rings. The summed E-state index contributed by atoms with van der Waals surface area (Å²) in [5.74, 6) is 0. The third-order valence-corrected chi connectivity index (χ3v) is 14.8. The molecule has 2 nitrogen and oxygen atoms in total. The second kappa shape index (κ2) is 17.2. The van der Waals surface area contributed by atoms with Crippen LogP contribution in [0.1, 0.15) is 25.0 Å². The summed E-state index contributed by atoms with van der Waals surface area (Å²) >= 11 is 0. The first-order valence-corrected chi connectivity index (χ1v) is 24.7. The number of hydrogen-bond acceptors (Lipinski definition) is 1. The average molecular weight is 907 g/mol. The van der Waals surface area contributed by atoms with Crippen molar-refractivity contribution in [2.24, 2.45) is 0 Å². The highest BCUT2D eigenvalue weighted by atomic mass is 15.1. The summed E-state index contributed by atoms with van der Waals surface area (Å²) in [6, 6.07) is 97.9. The van der Waals surface area contributed by atoms with Crippen LogP contribution in [0.3, 0.4) is 0 Å². The lowest BCUT2D eigenvalue weighted by Gasteiger charge is -2.28. The zero-order valence-corrected chi connectivity index (χ0v) is 39.8. The number of nitrogens with zero attached hydrogens (tertiary/aromatic N) is 2. The van der Waals surface area contributed by atoms with Gasteiger partial charge >= 0.3 is 0 Å². The van der Waals surface area contributed by atoms with E-state index in [-0.39, 0.29) is 5.41 Å². The maximum atomic E-state index is 2.49. The van der Waals surface area contributed by atoms with Gasteiger partial charge < -0.3 is 9.47 Å². The zero-order valence-electron chi connectivity index (χ0n) is 39.8. The van der Waals surface area contributed by atoms with E-state index < -0.39 is 0 Å². The van der Waals surface area contributed by atoms with E-state index in [0.717, 1.165) is 33.9 Å². The standard InChI is InChI=1S/C69H50N2/c1-69(2)65-29-16-15-28-60(65)61-41-39-59(46-66(61)69)70(56-35-30-50(31-36-56)47-18-7-3-8-19-47)58-27-17-26-53(42-58)51-32-37-57(38-33-51)71-67-45-54(48-20-9-4-10-21-48)34-40-62(67)64-44-55(49-22-11-5-12-23-49)43-63(68(64)71)52-24-13-6-14-25-52/h3-46H,1-2H3. The fourth-order valence-electron chi connectivity index (χ4n) is 11.2. The Labute approximate surface area is 416 Å². The molecule has 0 atom stereocenters. The van der Waals surface area contributed by atoms with Crippen molar-refractivity contribution in [2.45, 2.75) is 19.3 Å². The molecule has 0 radical (unpaired) electrons. The van der Waals surface area contributed by atoms with Crippen LogP contribution >= 0.6 is 0 Å². The molecule has 13 rings (SSSR count). The molecule has 11 aromatic carbocycles. The number of rotatable bonds is 9. The van der Waals surface area contributed by atoms with Gasteiger partial charge in [-0.3, -0.25) is 0 Å². The number of aromatic nitrogens is 1. The van der Waals surface area contributed by atoms with Crippen molar-refractivity contribution in [3.63, 3.8) is 0 Å². The van der Waals surface area contributed by atoms with Crippen LogP contribution in [0, 0.1) is 0 Å². The van der Waals surface area contributed by atoms with E-state index in [2.05, 4.69) is 290 Å². The Morgan fingerprint density at radius 3 is 1.48 bits per heavy atom. The van der Waals surface area contributed by atoms with E-state index in [9.17, 15) is 0 Å². The van der Waals surface area contributed by atoms with Gasteiger partial charge in [0.05, 0.1) is 11.0 Å². The van der Waals surface area contributed by atoms with E-state index in [1.165, 1.54) is 88.6 Å². The van der Waals surface area contributed by atoms with E-state index in [4.69, 9.17) is 0 Å². The minimum Gasteiger partial charge on any atom is -0.310 e. The van der Waals surface area contributed by atoms with Crippen LogP contribution in [0.15, 0.2) is 267 Å². The van der Waals surface area contributed by atoms with Gasteiger partial charge in [-0.05, 0) is 139 Å². The van der Waals surface area contributed by atoms with Gasteiger partial charge in [-0.2, -0.15) is 0 Å². The molecule has 1 heterocycles. The van der Waals surface area contributed by atoms with E-state index in [1.54, 1.807) is 0 Å². The van der Waals surface area contributed by atoms with Gasteiger partial charge in [0, 0.05) is 44.5 Å². The summed E-state index contributed by atoms with van der Waals surface area (Å²) < 4.78 is 2.49. The van der Waals surface area contributed by atoms with Gasteiger partial charge in [0.15, 0.2) is 0 Å². The first-order valence-electron chi connectivity index (χ1n) is 24.7. The van der Waals surface area contributed by atoms with E-state index in [1.807, 2.05) is 0 Å². The van der Waals surface area contributed by atoms with Crippen LogP contribution in [0.25, 0.3) is 94.3 Å².